The average Bonchev–Trinajstić information content (AvgIpc) is 2.67. The van der Waals surface area contributed by atoms with Gasteiger partial charge in [0, 0.05) is 0 Å². The maximum absolute atomic E-state index is 11.8. The van der Waals surface area contributed by atoms with E-state index in [0.717, 1.165) is 12.0 Å². The predicted molar refractivity (Wildman–Crippen MR) is 106 cm³/mol. The monoisotopic (exact) mass is 370 g/mol. The summed E-state index contributed by atoms with van der Waals surface area (Å²) in [6, 6.07) is 13.1. The number of aryl methyl sites for hydroxylation is 1. The first-order chi connectivity index (χ1) is 13.0. The molecule has 2 aromatic carbocycles. The fourth-order valence-electron chi connectivity index (χ4n) is 2.30. The van der Waals surface area contributed by atoms with Gasteiger partial charge in [-0.3, -0.25) is 4.79 Å². The van der Waals surface area contributed by atoms with Crippen LogP contribution in [0.25, 0.3) is 0 Å². The number of ether oxygens (including phenoxy) is 3. The molecule has 6 heteroatoms. The number of nitrogens with one attached hydrogen (secondary N) is 1. The number of methoxy groups -OCH3 is 1. The Morgan fingerprint density at radius 3 is 2.52 bits per heavy atom. The van der Waals surface area contributed by atoms with Crippen molar-refractivity contribution in [1.82, 2.24) is 5.43 Å². The lowest BCUT2D eigenvalue weighted by molar-refractivity contribution is -0.123. The fourth-order valence-corrected chi connectivity index (χ4v) is 2.30. The van der Waals surface area contributed by atoms with E-state index in [2.05, 4.69) is 17.5 Å². The molecule has 0 atom stereocenters. The first-order valence-electron chi connectivity index (χ1n) is 8.90. The number of carbonyl (C=O) groups excluding carboxylic acids is 1. The van der Waals surface area contributed by atoms with Crippen molar-refractivity contribution >= 4 is 12.1 Å². The number of carbonyl (C=O) groups is 1. The van der Waals surface area contributed by atoms with Crippen LogP contribution in [-0.4, -0.2) is 31.9 Å². The molecule has 0 unspecified atom stereocenters. The van der Waals surface area contributed by atoms with Crippen molar-refractivity contribution in [3.8, 4) is 17.2 Å². The summed E-state index contributed by atoms with van der Waals surface area (Å²) in [7, 11) is 1.58. The van der Waals surface area contributed by atoms with E-state index in [1.807, 2.05) is 50.2 Å². The van der Waals surface area contributed by atoms with Gasteiger partial charge in [-0.1, -0.05) is 19.1 Å². The molecule has 2 aromatic rings. The molecular formula is C21H26N2O4. The van der Waals surface area contributed by atoms with Crippen LogP contribution in [0.4, 0.5) is 0 Å². The maximum atomic E-state index is 11.8. The third-order valence-electron chi connectivity index (χ3n) is 3.65. The lowest BCUT2D eigenvalue weighted by Gasteiger charge is -2.13. The molecule has 0 fully saturated rings. The highest BCUT2D eigenvalue weighted by molar-refractivity contribution is 5.83. The van der Waals surface area contributed by atoms with Crippen LogP contribution in [0.5, 0.6) is 17.2 Å². The van der Waals surface area contributed by atoms with Gasteiger partial charge in [0.25, 0.3) is 5.91 Å². The van der Waals surface area contributed by atoms with Crippen molar-refractivity contribution < 1.29 is 19.0 Å². The third-order valence-corrected chi connectivity index (χ3v) is 3.65. The highest BCUT2D eigenvalue weighted by Gasteiger charge is 2.07. The van der Waals surface area contributed by atoms with Gasteiger partial charge in [0.05, 0.1) is 19.4 Å². The lowest BCUT2D eigenvalue weighted by atomic mass is 10.2. The van der Waals surface area contributed by atoms with Crippen LogP contribution in [0.2, 0.25) is 0 Å². The number of hydrogen-bond acceptors (Lipinski definition) is 5. The van der Waals surface area contributed by atoms with E-state index in [0.29, 0.717) is 17.2 Å². The van der Waals surface area contributed by atoms with Crippen LogP contribution in [0.1, 0.15) is 31.9 Å². The van der Waals surface area contributed by atoms with E-state index in [9.17, 15) is 4.79 Å². The second-order valence-corrected chi connectivity index (χ2v) is 6.16. The quantitative estimate of drug-likeness (QED) is 0.541. The molecule has 27 heavy (non-hydrogen) atoms. The minimum absolute atomic E-state index is 0.0517. The molecule has 0 aliphatic rings. The number of nitrogens with zero attached hydrogens (tertiary/aromatic N) is 1. The van der Waals surface area contributed by atoms with E-state index in [4.69, 9.17) is 14.2 Å². The molecule has 0 heterocycles. The smallest absolute Gasteiger partial charge is 0.277 e. The van der Waals surface area contributed by atoms with Gasteiger partial charge in [-0.05, 0) is 61.7 Å². The Kier molecular flexibility index (Phi) is 7.67. The van der Waals surface area contributed by atoms with Crippen molar-refractivity contribution in [1.29, 1.82) is 0 Å². The molecular weight excluding hydrogens is 344 g/mol. The Labute approximate surface area is 160 Å². The van der Waals surface area contributed by atoms with Crippen LogP contribution in [0, 0.1) is 0 Å². The molecule has 1 amide bonds. The van der Waals surface area contributed by atoms with Crippen molar-refractivity contribution in [2.45, 2.75) is 33.3 Å². The first kappa shape index (κ1) is 20.3. The molecule has 6 nitrogen and oxygen atoms in total. The molecule has 0 saturated heterocycles. The summed E-state index contributed by atoms with van der Waals surface area (Å²) in [6.07, 6.45) is 2.55. The van der Waals surface area contributed by atoms with Gasteiger partial charge in [0.1, 0.15) is 5.75 Å². The summed E-state index contributed by atoms with van der Waals surface area (Å²) < 4.78 is 16.4. The maximum Gasteiger partial charge on any atom is 0.277 e. The second kappa shape index (κ2) is 10.2. The van der Waals surface area contributed by atoms with Gasteiger partial charge in [0.2, 0.25) is 0 Å². The van der Waals surface area contributed by atoms with Crippen molar-refractivity contribution in [2.75, 3.05) is 13.7 Å². The van der Waals surface area contributed by atoms with Crippen molar-refractivity contribution in [2.24, 2.45) is 5.10 Å². The zero-order chi connectivity index (χ0) is 19.6. The second-order valence-electron chi connectivity index (χ2n) is 6.16. The zero-order valence-corrected chi connectivity index (χ0v) is 16.2. The van der Waals surface area contributed by atoms with Gasteiger partial charge < -0.3 is 14.2 Å². The molecule has 0 spiro atoms. The Bertz CT molecular complexity index is 770. The standard InChI is InChI=1S/C21H26N2O4/c1-5-16-6-9-18(10-7-16)26-14-21(24)23-22-13-17-8-11-19(27-15(2)3)20(12-17)25-4/h6-13,15H,5,14H2,1-4H3,(H,23,24)/b22-13+. The van der Waals surface area contributed by atoms with Gasteiger partial charge in [-0.25, -0.2) is 5.43 Å². The van der Waals surface area contributed by atoms with E-state index in [1.165, 1.54) is 11.8 Å². The summed E-state index contributed by atoms with van der Waals surface area (Å²) in [5, 5.41) is 3.95. The first-order valence-corrected chi connectivity index (χ1v) is 8.90. The zero-order valence-electron chi connectivity index (χ0n) is 16.2. The van der Waals surface area contributed by atoms with E-state index >= 15 is 0 Å². The highest BCUT2D eigenvalue weighted by Crippen LogP contribution is 2.28. The summed E-state index contributed by atoms with van der Waals surface area (Å²) in [4.78, 5) is 11.8. The van der Waals surface area contributed by atoms with Crippen molar-refractivity contribution in [3.05, 3.63) is 53.6 Å². The Morgan fingerprint density at radius 1 is 1.15 bits per heavy atom. The van der Waals surface area contributed by atoms with Gasteiger partial charge in [-0.15, -0.1) is 0 Å². The Hall–Kier alpha value is -3.02. The van der Waals surface area contributed by atoms with Crippen LogP contribution in [0.15, 0.2) is 47.6 Å². The fraction of sp³-hybridized carbons (Fsp3) is 0.333. The van der Waals surface area contributed by atoms with E-state index < -0.39 is 0 Å². The van der Waals surface area contributed by atoms with Gasteiger partial charge in [0.15, 0.2) is 18.1 Å². The van der Waals surface area contributed by atoms with Gasteiger partial charge >= 0.3 is 0 Å². The lowest BCUT2D eigenvalue weighted by Crippen LogP contribution is -2.24. The van der Waals surface area contributed by atoms with Crippen molar-refractivity contribution in [3.63, 3.8) is 0 Å². The van der Waals surface area contributed by atoms with Gasteiger partial charge in [-0.2, -0.15) is 5.10 Å². The minimum Gasteiger partial charge on any atom is -0.493 e. The van der Waals surface area contributed by atoms with E-state index in [1.54, 1.807) is 13.2 Å². The SMILES string of the molecule is CCc1ccc(OCC(=O)N/N=C/c2ccc(OC(C)C)c(OC)c2)cc1. The molecule has 2 rings (SSSR count). The molecule has 0 saturated carbocycles. The predicted octanol–water partition coefficient (Wildman–Crippen LogP) is 3.57. The summed E-state index contributed by atoms with van der Waals surface area (Å²) in [5.41, 5.74) is 4.44. The molecule has 0 aromatic heterocycles. The Morgan fingerprint density at radius 2 is 1.89 bits per heavy atom. The largest absolute Gasteiger partial charge is 0.493 e. The normalized spacial score (nSPS) is 10.9. The van der Waals surface area contributed by atoms with Crippen LogP contribution in [-0.2, 0) is 11.2 Å². The molecule has 1 N–H and O–H groups in total. The molecule has 0 aliphatic heterocycles. The minimum atomic E-state index is -0.336. The number of hydrazone groups is 1. The third kappa shape index (κ3) is 6.66. The number of benzene rings is 2. The Balaban J connectivity index is 1.85. The number of amides is 1. The average molecular weight is 370 g/mol. The van der Waals surface area contributed by atoms with Crippen LogP contribution < -0.4 is 19.6 Å². The summed E-state index contributed by atoms with van der Waals surface area (Å²) in [6.45, 7) is 5.88. The topological polar surface area (TPSA) is 69.2 Å². The molecule has 0 radical (unpaired) electrons. The summed E-state index contributed by atoms with van der Waals surface area (Å²) in [5.74, 6) is 1.59. The van der Waals surface area contributed by atoms with Crippen LogP contribution >= 0.6 is 0 Å². The molecule has 144 valence electrons. The highest BCUT2D eigenvalue weighted by atomic mass is 16.5. The van der Waals surface area contributed by atoms with E-state index in [-0.39, 0.29) is 18.6 Å². The summed E-state index contributed by atoms with van der Waals surface area (Å²) >= 11 is 0. The molecule has 0 aliphatic carbocycles. The van der Waals surface area contributed by atoms with Crippen LogP contribution in [0.3, 0.4) is 0 Å². The molecule has 0 bridgehead atoms. The number of hydrogen-bond donors (Lipinski definition) is 1. The number of rotatable bonds is 9.